The molecule has 0 bridgehead atoms. The minimum atomic E-state index is -0.942. The third-order valence-electron chi connectivity index (χ3n) is 3.19. The van der Waals surface area contributed by atoms with Crippen molar-refractivity contribution in [1.82, 2.24) is 10.6 Å². The number of hydrogen-bond acceptors (Lipinski definition) is 3. The van der Waals surface area contributed by atoms with Gasteiger partial charge < -0.3 is 15.7 Å². The third-order valence-corrected chi connectivity index (χ3v) is 3.19. The van der Waals surface area contributed by atoms with E-state index < -0.39 is 12.0 Å². The molecular formula is C11H20N2O3. The molecule has 1 aliphatic carbocycles. The van der Waals surface area contributed by atoms with Gasteiger partial charge in [0.15, 0.2) is 0 Å². The van der Waals surface area contributed by atoms with Crippen LogP contribution in [0.4, 0.5) is 0 Å². The van der Waals surface area contributed by atoms with Crippen molar-refractivity contribution in [3.8, 4) is 0 Å². The van der Waals surface area contributed by atoms with Gasteiger partial charge in [0.05, 0.1) is 0 Å². The Bertz CT molecular complexity index is 268. The van der Waals surface area contributed by atoms with Crippen molar-refractivity contribution in [2.45, 2.75) is 32.2 Å². The number of carboxylic acid groups (broad SMARTS) is 1. The molecule has 0 aromatic heterocycles. The molecule has 1 amide bonds. The number of nitrogens with one attached hydrogen (secondary N) is 2. The molecule has 0 saturated heterocycles. The smallest absolute Gasteiger partial charge is 0.322 e. The van der Waals surface area contributed by atoms with Crippen molar-refractivity contribution < 1.29 is 14.7 Å². The van der Waals surface area contributed by atoms with Crippen LogP contribution in [0.3, 0.4) is 0 Å². The second-order valence-corrected chi connectivity index (χ2v) is 4.54. The summed E-state index contributed by atoms with van der Waals surface area (Å²) in [5.74, 6) is -0.273. The van der Waals surface area contributed by atoms with Gasteiger partial charge in [-0.1, -0.05) is 6.92 Å². The lowest BCUT2D eigenvalue weighted by molar-refractivity contribution is -0.139. The van der Waals surface area contributed by atoms with E-state index in [-0.39, 0.29) is 18.4 Å². The summed E-state index contributed by atoms with van der Waals surface area (Å²) >= 11 is 0. The zero-order valence-electron chi connectivity index (χ0n) is 9.82. The van der Waals surface area contributed by atoms with E-state index in [2.05, 4.69) is 17.6 Å². The Kier molecular flexibility index (Phi) is 4.73. The molecule has 1 fully saturated rings. The molecule has 0 aromatic rings. The molecule has 5 nitrogen and oxygen atoms in total. The van der Waals surface area contributed by atoms with Gasteiger partial charge in [-0.2, -0.15) is 0 Å². The molecule has 1 aliphatic rings. The molecule has 16 heavy (non-hydrogen) atoms. The normalized spacial score (nSPS) is 26.4. The summed E-state index contributed by atoms with van der Waals surface area (Å²) in [5, 5.41) is 14.1. The quantitative estimate of drug-likeness (QED) is 0.628. The minimum absolute atomic E-state index is 0.00847. The van der Waals surface area contributed by atoms with Gasteiger partial charge in [0, 0.05) is 12.5 Å². The first-order valence-electron chi connectivity index (χ1n) is 5.72. The predicted octanol–water partition coefficient (Wildman–Crippen LogP) is 0.211. The molecule has 0 aliphatic heterocycles. The summed E-state index contributed by atoms with van der Waals surface area (Å²) in [6, 6.07) is -0.706. The highest BCUT2D eigenvalue weighted by atomic mass is 16.4. The van der Waals surface area contributed by atoms with Gasteiger partial charge in [-0.3, -0.25) is 9.59 Å². The van der Waals surface area contributed by atoms with Crippen LogP contribution in [-0.2, 0) is 9.59 Å². The summed E-state index contributed by atoms with van der Waals surface area (Å²) < 4.78 is 0. The Morgan fingerprint density at radius 1 is 1.44 bits per heavy atom. The Balaban J connectivity index is 2.32. The standard InChI is InChI=1S/C11H20N2O3/c1-7-3-4-8(5-7)10(14)13-6-9(12-2)11(15)16/h7-9,12H,3-6H2,1-2H3,(H,13,14)(H,15,16). The number of hydrogen-bond donors (Lipinski definition) is 3. The Hall–Kier alpha value is -1.10. The highest BCUT2D eigenvalue weighted by Crippen LogP contribution is 2.30. The van der Waals surface area contributed by atoms with E-state index in [1.165, 1.54) is 0 Å². The Morgan fingerprint density at radius 3 is 2.56 bits per heavy atom. The maximum atomic E-state index is 11.7. The Morgan fingerprint density at radius 2 is 2.12 bits per heavy atom. The van der Waals surface area contributed by atoms with Crippen molar-refractivity contribution in [2.24, 2.45) is 11.8 Å². The van der Waals surface area contributed by atoms with Crippen LogP contribution in [0.25, 0.3) is 0 Å². The summed E-state index contributed by atoms with van der Waals surface area (Å²) in [5.41, 5.74) is 0. The van der Waals surface area contributed by atoms with E-state index in [0.717, 1.165) is 19.3 Å². The number of carbonyl (C=O) groups is 2. The van der Waals surface area contributed by atoms with Gasteiger partial charge in [-0.15, -0.1) is 0 Å². The molecule has 92 valence electrons. The molecular weight excluding hydrogens is 208 g/mol. The highest BCUT2D eigenvalue weighted by molar-refractivity contribution is 5.80. The second-order valence-electron chi connectivity index (χ2n) is 4.54. The lowest BCUT2D eigenvalue weighted by Gasteiger charge is -2.14. The van der Waals surface area contributed by atoms with Crippen LogP contribution in [0.15, 0.2) is 0 Å². The summed E-state index contributed by atoms with van der Waals surface area (Å²) in [4.78, 5) is 22.4. The average Bonchev–Trinajstić information content (AvgIpc) is 2.65. The third kappa shape index (κ3) is 3.48. The number of rotatable bonds is 5. The highest BCUT2D eigenvalue weighted by Gasteiger charge is 2.27. The van der Waals surface area contributed by atoms with Gasteiger partial charge in [-0.05, 0) is 32.2 Å². The largest absolute Gasteiger partial charge is 0.480 e. The molecule has 1 rings (SSSR count). The molecule has 0 spiro atoms. The first kappa shape index (κ1) is 13.0. The number of likely N-dealkylation sites (N-methyl/N-ethyl adjacent to an activating group) is 1. The first-order valence-corrected chi connectivity index (χ1v) is 5.72. The summed E-state index contributed by atoms with van der Waals surface area (Å²) in [6.07, 6.45) is 2.93. The molecule has 3 N–H and O–H groups in total. The molecule has 0 radical (unpaired) electrons. The van der Waals surface area contributed by atoms with Crippen LogP contribution < -0.4 is 10.6 Å². The van der Waals surface area contributed by atoms with E-state index >= 15 is 0 Å². The summed E-state index contributed by atoms with van der Waals surface area (Å²) in [6.45, 7) is 2.29. The lowest BCUT2D eigenvalue weighted by Crippen LogP contribution is -2.45. The first-order chi connectivity index (χ1) is 7.54. The zero-order valence-corrected chi connectivity index (χ0v) is 9.82. The molecule has 0 aromatic carbocycles. The predicted molar refractivity (Wildman–Crippen MR) is 60.0 cm³/mol. The maximum Gasteiger partial charge on any atom is 0.322 e. The summed E-state index contributed by atoms with van der Waals surface area (Å²) in [7, 11) is 1.57. The van der Waals surface area contributed by atoms with Gasteiger partial charge in [0.2, 0.25) is 5.91 Å². The fourth-order valence-electron chi connectivity index (χ4n) is 2.11. The van der Waals surface area contributed by atoms with Gasteiger partial charge in [0.1, 0.15) is 6.04 Å². The van der Waals surface area contributed by atoms with Gasteiger partial charge in [-0.25, -0.2) is 0 Å². The van der Waals surface area contributed by atoms with Crippen molar-refractivity contribution in [3.05, 3.63) is 0 Å². The average molecular weight is 228 g/mol. The number of amides is 1. The fraction of sp³-hybridized carbons (Fsp3) is 0.818. The second kappa shape index (κ2) is 5.84. The molecule has 3 atom stereocenters. The minimum Gasteiger partial charge on any atom is -0.480 e. The number of carbonyl (C=O) groups excluding carboxylic acids is 1. The zero-order chi connectivity index (χ0) is 12.1. The Labute approximate surface area is 95.6 Å². The van der Waals surface area contributed by atoms with Crippen LogP contribution in [0.5, 0.6) is 0 Å². The molecule has 1 saturated carbocycles. The monoisotopic (exact) mass is 228 g/mol. The lowest BCUT2D eigenvalue weighted by atomic mass is 10.1. The van der Waals surface area contributed by atoms with E-state index in [0.29, 0.717) is 5.92 Å². The molecule has 5 heteroatoms. The molecule has 3 unspecified atom stereocenters. The topological polar surface area (TPSA) is 78.4 Å². The van der Waals surface area contributed by atoms with Crippen molar-refractivity contribution in [1.29, 1.82) is 0 Å². The van der Waals surface area contributed by atoms with Crippen LogP contribution in [0, 0.1) is 11.8 Å². The van der Waals surface area contributed by atoms with Gasteiger partial charge in [0.25, 0.3) is 0 Å². The SMILES string of the molecule is CNC(CNC(=O)C1CCC(C)C1)C(=O)O. The van der Waals surface area contributed by atoms with Crippen molar-refractivity contribution >= 4 is 11.9 Å². The van der Waals surface area contributed by atoms with Crippen molar-refractivity contribution in [2.75, 3.05) is 13.6 Å². The fourth-order valence-corrected chi connectivity index (χ4v) is 2.11. The molecule has 0 heterocycles. The van der Waals surface area contributed by atoms with Gasteiger partial charge >= 0.3 is 5.97 Å². The van der Waals surface area contributed by atoms with E-state index in [1.807, 2.05) is 0 Å². The van der Waals surface area contributed by atoms with E-state index in [9.17, 15) is 9.59 Å². The number of aliphatic carboxylic acids is 1. The van der Waals surface area contributed by atoms with Crippen LogP contribution in [-0.4, -0.2) is 36.6 Å². The maximum absolute atomic E-state index is 11.7. The van der Waals surface area contributed by atoms with E-state index in [1.54, 1.807) is 7.05 Å². The van der Waals surface area contributed by atoms with Crippen molar-refractivity contribution in [3.63, 3.8) is 0 Å². The van der Waals surface area contributed by atoms with Crippen LogP contribution in [0.1, 0.15) is 26.2 Å². The van der Waals surface area contributed by atoms with Crippen LogP contribution in [0.2, 0.25) is 0 Å². The van der Waals surface area contributed by atoms with Crippen LogP contribution >= 0.6 is 0 Å². The number of carboxylic acids is 1. The van der Waals surface area contributed by atoms with E-state index in [4.69, 9.17) is 5.11 Å².